The van der Waals surface area contributed by atoms with Crippen molar-refractivity contribution in [2.24, 2.45) is 0 Å². The van der Waals surface area contributed by atoms with Crippen molar-refractivity contribution >= 4 is 5.91 Å². The molecule has 3 heteroatoms. The largest absolute Gasteiger partial charge is 0.394 e. The Labute approximate surface area is 108 Å². The molecule has 98 valence electrons. The van der Waals surface area contributed by atoms with Crippen LogP contribution in [0.4, 0.5) is 0 Å². The van der Waals surface area contributed by atoms with E-state index in [9.17, 15) is 9.90 Å². The molecule has 1 atom stereocenters. The summed E-state index contributed by atoms with van der Waals surface area (Å²) in [6.07, 6.45) is 2.38. The molecule has 1 fully saturated rings. The maximum atomic E-state index is 12.3. The number of carbonyl (C=O) groups is 1. The van der Waals surface area contributed by atoms with E-state index in [1.807, 2.05) is 18.7 Å². The molecule has 1 aliphatic rings. The zero-order valence-corrected chi connectivity index (χ0v) is 11.1. The van der Waals surface area contributed by atoms with Crippen molar-refractivity contribution in [1.82, 2.24) is 4.90 Å². The van der Waals surface area contributed by atoms with Gasteiger partial charge >= 0.3 is 0 Å². The summed E-state index contributed by atoms with van der Waals surface area (Å²) in [7, 11) is 0. The van der Waals surface area contributed by atoms with Crippen molar-refractivity contribution < 1.29 is 9.90 Å². The Bertz CT molecular complexity index is 442. The molecule has 0 aliphatic carbocycles. The highest BCUT2D eigenvalue weighted by Gasteiger charge is 2.27. The highest BCUT2D eigenvalue weighted by molar-refractivity contribution is 5.79. The SMILES string of the molecule is Cc1ccc(C)c(CC(=O)N2CCC[C@H]2CO)c1. The van der Waals surface area contributed by atoms with Crippen molar-refractivity contribution in [1.29, 1.82) is 0 Å². The Morgan fingerprint density at radius 1 is 1.44 bits per heavy atom. The van der Waals surface area contributed by atoms with Gasteiger partial charge in [-0.25, -0.2) is 0 Å². The normalized spacial score (nSPS) is 19.3. The van der Waals surface area contributed by atoms with Gasteiger partial charge in [-0.2, -0.15) is 0 Å². The molecular formula is C15H21NO2. The van der Waals surface area contributed by atoms with E-state index in [1.165, 1.54) is 5.56 Å². The molecule has 18 heavy (non-hydrogen) atoms. The lowest BCUT2D eigenvalue weighted by molar-refractivity contribution is -0.132. The van der Waals surface area contributed by atoms with Crippen LogP contribution in [0.3, 0.4) is 0 Å². The number of amides is 1. The molecular weight excluding hydrogens is 226 g/mol. The average Bonchev–Trinajstić information content (AvgIpc) is 2.82. The predicted octanol–water partition coefficient (Wildman–Crippen LogP) is 1.83. The quantitative estimate of drug-likeness (QED) is 0.885. The summed E-state index contributed by atoms with van der Waals surface area (Å²) in [6.45, 7) is 4.95. The van der Waals surface area contributed by atoms with E-state index < -0.39 is 0 Å². The first-order valence-corrected chi connectivity index (χ1v) is 6.58. The van der Waals surface area contributed by atoms with Crippen LogP contribution in [-0.2, 0) is 11.2 Å². The van der Waals surface area contributed by atoms with Crippen LogP contribution >= 0.6 is 0 Å². The Hall–Kier alpha value is -1.35. The Morgan fingerprint density at radius 3 is 2.94 bits per heavy atom. The number of likely N-dealkylation sites (tertiary alicyclic amines) is 1. The molecule has 0 aromatic heterocycles. The van der Waals surface area contributed by atoms with Crippen molar-refractivity contribution in [3.8, 4) is 0 Å². The first-order valence-electron chi connectivity index (χ1n) is 6.58. The number of aryl methyl sites for hydroxylation is 2. The van der Waals surface area contributed by atoms with E-state index in [4.69, 9.17) is 0 Å². The van der Waals surface area contributed by atoms with E-state index in [-0.39, 0.29) is 18.6 Å². The van der Waals surface area contributed by atoms with Crippen LogP contribution in [0, 0.1) is 13.8 Å². The monoisotopic (exact) mass is 247 g/mol. The lowest BCUT2D eigenvalue weighted by Crippen LogP contribution is -2.38. The second-order valence-corrected chi connectivity index (χ2v) is 5.17. The number of aliphatic hydroxyl groups excluding tert-OH is 1. The summed E-state index contributed by atoms with van der Waals surface area (Å²) in [4.78, 5) is 14.1. The van der Waals surface area contributed by atoms with Crippen LogP contribution in [0.15, 0.2) is 18.2 Å². The van der Waals surface area contributed by atoms with Gasteiger partial charge in [-0.15, -0.1) is 0 Å². The van der Waals surface area contributed by atoms with Gasteiger partial charge < -0.3 is 10.0 Å². The van der Waals surface area contributed by atoms with Crippen LogP contribution in [0.25, 0.3) is 0 Å². The van der Waals surface area contributed by atoms with Crippen LogP contribution < -0.4 is 0 Å². The minimum Gasteiger partial charge on any atom is -0.394 e. The van der Waals surface area contributed by atoms with Crippen molar-refractivity contribution in [3.63, 3.8) is 0 Å². The lowest BCUT2D eigenvalue weighted by Gasteiger charge is -2.23. The van der Waals surface area contributed by atoms with Gasteiger partial charge in [0, 0.05) is 6.54 Å². The third kappa shape index (κ3) is 2.72. The van der Waals surface area contributed by atoms with Crippen molar-refractivity contribution in [3.05, 3.63) is 34.9 Å². The van der Waals surface area contributed by atoms with Crippen molar-refractivity contribution in [2.45, 2.75) is 39.2 Å². The van der Waals surface area contributed by atoms with Gasteiger partial charge in [-0.3, -0.25) is 4.79 Å². The fraction of sp³-hybridized carbons (Fsp3) is 0.533. The zero-order valence-electron chi connectivity index (χ0n) is 11.1. The minimum atomic E-state index is 0.0302. The first-order chi connectivity index (χ1) is 8.61. The number of hydrogen-bond donors (Lipinski definition) is 1. The second-order valence-electron chi connectivity index (χ2n) is 5.17. The molecule has 1 aromatic rings. The van der Waals surface area contributed by atoms with Crippen LogP contribution in [0.2, 0.25) is 0 Å². The molecule has 0 bridgehead atoms. The van der Waals surface area contributed by atoms with Gasteiger partial charge in [-0.05, 0) is 37.8 Å². The van der Waals surface area contributed by atoms with Gasteiger partial charge in [0.2, 0.25) is 5.91 Å². The summed E-state index contributed by atoms with van der Waals surface area (Å²) < 4.78 is 0. The number of carbonyl (C=O) groups excluding carboxylic acids is 1. The maximum absolute atomic E-state index is 12.3. The fourth-order valence-electron chi connectivity index (χ4n) is 2.61. The van der Waals surface area contributed by atoms with E-state index in [2.05, 4.69) is 18.2 Å². The highest BCUT2D eigenvalue weighted by Crippen LogP contribution is 2.19. The Balaban J connectivity index is 2.09. The van der Waals surface area contributed by atoms with Crippen LogP contribution in [-0.4, -0.2) is 35.1 Å². The molecule has 3 nitrogen and oxygen atoms in total. The standard InChI is InChI=1S/C15H21NO2/c1-11-5-6-12(2)13(8-11)9-15(18)16-7-3-4-14(16)10-17/h5-6,8,14,17H,3-4,7,9-10H2,1-2H3/t14-/m0/s1. The summed E-state index contributed by atoms with van der Waals surface area (Å²) in [5.74, 6) is 0.139. The zero-order chi connectivity index (χ0) is 13.1. The highest BCUT2D eigenvalue weighted by atomic mass is 16.3. The first kappa shape index (κ1) is 13.1. The fourth-order valence-corrected chi connectivity index (χ4v) is 2.61. The maximum Gasteiger partial charge on any atom is 0.227 e. The molecule has 1 amide bonds. The molecule has 1 aromatic carbocycles. The molecule has 2 rings (SSSR count). The Morgan fingerprint density at radius 2 is 2.22 bits per heavy atom. The third-order valence-electron chi connectivity index (χ3n) is 3.75. The minimum absolute atomic E-state index is 0.0302. The molecule has 0 radical (unpaired) electrons. The number of aliphatic hydroxyl groups is 1. The third-order valence-corrected chi connectivity index (χ3v) is 3.75. The predicted molar refractivity (Wildman–Crippen MR) is 71.4 cm³/mol. The van der Waals surface area contributed by atoms with Gasteiger partial charge in [0.05, 0.1) is 19.1 Å². The number of rotatable bonds is 3. The number of hydrogen-bond acceptors (Lipinski definition) is 2. The topological polar surface area (TPSA) is 40.5 Å². The number of benzene rings is 1. The summed E-state index contributed by atoms with van der Waals surface area (Å²) in [5, 5.41) is 9.26. The van der Waals surface area contributed by atoms with Gasteiger partial charge in [0.25, 0.3) is 0 Å². The van der Waals surface area contributed by atoms with E-state index in [0.29, 0.717) is 6.42 Å². The molecule has 0 saturated carbocycles. The number of nitrogens with zero attached hydrogens (tertiary/aromatic N) is 1. The van der Waals surface area contributed by atoms with Gasteiger partial charge in [0.1, 0.15) is 0 Å². The summed E-state index contributed by atoms with van der Waals surface area (Å²) in [5.41, 5.74) is 3.45. The molecule has 0 unspecified atom stereocenters. The lowest BCUT2D eigenvalue weighted by atomic mass is 10.0. The van der Waals surface area contributed by atoms with E-state index in [0.717, 1.165) is 30.5 Å². The summed E-state index contributed by atoms with van der Waals surface area (Å²) >= 11 is 0. The summed E-state index contributed by atoms with van der Waals surface area (Å²) in [6, 6.07) is 6.24. The molecule has 1 N–H and O–H groups in total. The van der Waals surface area contributed by atoms with Crippen molar-refractivity contribution in [2.75, 3.05) is 13.2 Å². The molecule has 0 spiro atoms. The van der Waals surface area contributed by atoms with Crippen LogP contribution in [0.1, 0.15) is 29.5 Å². The second kappa shape index (κ2) is 5.53. The molecule has 1 saturated heterocycles. The molecule has 1 heterocycles. The van der Waals surface area contributed by atoms with E-state index in [1.54, 1.807) is 0 Å². The van der Waals surface area contributed by atoms with E-state index >= 15 is 0 Å². The Kier molecular flexibility index (Phi) is 4.02. The average molecular weight is 247 g/mol. The van der Waals surface area contributed by atoms with Gasteiger partial charge in [0.15, 0.2) is 0 Å². The smallest absolute Gasteiger partial charge is 0.227 e. The van der Waals surface area contributed by atoms with Gasteiger partial charge in [-0.1, -0.05) is 23.8 Å². The molecule has 1 aliphatic heterocycles. The van der Waals surface area contributed by atoms with Crippen LogP contribution in [0.5, 0.6) is 0 Å².